The molecule has 1 atom stereocenters. The highest BCUT2D eigenvalue weighted by molar-refractivity contribution is 9.11. The maximum Gasteiger partial charge on any atom is 0.133 e. The molecule has 1 aromatic rings. The first-order valence-corrected chi connectivity index (χ1v) is 8.73. The van der Waals surface area contributed by atoms with E-state index < -0.39 is 6.10 Å². The molecule has 0 aliphatic heterocycles. The van der Waals surface area contributed by atoms with Gasteiger partial charge in [-0.3, -0.25) is 0 Å². The molecule has 1 aliphatic rings. The standard InChI is InChI=1S/C15H21Br2NO2/c16-11-6-7-15(14(17)8-11)20-10-13(19)9-18-12-4-2-1-3-5-12/h6-8,12-13,18-19H,1-5,9-10H2/t13-/m0/s1. The molecule has 3 nitrogen and oxygen atoms in total. The van der Waals surface area contributed by atoms with Gasteiger partial charge in [-0.2, -0.15) is 0 Å². The van der Waals surface area contributed by atoms with Gasteiger partial charge in [0.2, 0.25) is 0 Å². The molecule has 1 fully saturated rings. The molecule has 1 aromatic carbocycles. The predicted octanol–water partition coefficient (Wildman–Crippen LogP) is 3.87. The van der Waals surface area contributed by atoms with Crippen molar-refractivity contribution in [3.8, 4) is 5.75 Å². The average Bonchev–Trinajstić information content (AvgIpc) is 2.45. The van der Waals surface area contributed by atoms with E-state index in [0.717, 1.165) is 14.7 Å². The molecule has 0 saturated heterocycles. The van der Waals surface area contributed by atoms with Gasteiger partial charge in [-0.15, -0.1) is 0 Å². The van der Waals surface area contributed by atoms with Crippen LogP contribution in [-0.2, 0) is 0 Å². The van der Waals surface area contributed by atoms with E-state index in [2.05, 4.69) is 37.2 Å². The molecule has 5 heteroatoms. The highest BCUT2D eigenvalue weighted by atomic mass is 79.9. The molecule has 0 aromatic heterocycles. The van der Waals surface area contributed by atoms with Crippen LogP contribution in [0.15, 0.2) is 27.1 Å². The lowest BCUT2D eigenvalue weighted by Gasteiger charge is -2.24. The van der Waals surface area contributed by atoms with Crippen LogP contribution in [0.2, 0.25) is 0 Å². The minimum Gasteiger partial charge on any atom is -0.490 e. The van der Waals surface area contributed by atoms with E-state index in [1.54, 1.807) is 0 Å². The van der Waals surface area contributed by atoms with Gasteiger partial charge in [0.05, 0.1) is 4.47 Å². The largest absolute Gasteiger partial charge is 0.490 e. The van der Waals surface area contributed by atoms with Crippen molar-refractivity contribution >= 4 is 31.9 Å². The van der Waals surface area contributed by atoms with E-state index in [9.17, 15) is 5.11 Å². The highest BCUT2D eigenvalue weighted by Crippen LogP contribution is 2.28. The zero-order chi connectivity index (χ0) is 14.4. The first kappa shape index (κ1) is 16.3. The summed E-state index contributed by atoms with van der Waals surface area (Å²) in [5.41, 5.74) is 0. The average molecular weight is 407 g/mol. The minimum atomic E-state index is -0.479. The van der Waals surface area contributed by atoms with Crippen molar-refractivity contribution < 1.29 is 9.84 Å². The van der Waals surface area contributed by atoms with E-state index in [4.69, 9.17) is 4.74 Å². The van der Waals surface area contributed by atoms with Crippen molar-refractivity contribution in [2.45, 2.75) is 44.2 Å². The van der Waals surface area contributed by atoms with Crippen LogP contribution < -0.4 is 10.1 Å². The van der Waals surface area contributed by atoms with Gasteiger partial charge < -0.3 is 15.2 Å². The summed E-state index contributed by atoms with van der Waals surface area (Å²) in [6, 6.07) is 6.31. The van der Waals surface area contributed by atoms with Crippen LogP contribution in [-0.4, -0.2) is 30.4 Å². The van der Waals surface area contributed by atoms with E-state index in [1.807, 2.05) is 18.2 Å². The SMILES string of the molecule is O[C@@H](CNC1CCCCC1)COc1ccc(Br)cc1Br. The third-order valence-electron chi connectivity index (χ3n) is 3.57. The number of aliphatic hydroxyl groups excluding tert-OH is 1. The highest BCUT2D eigenvalue weighted by Gasteiger charge is 2.14. The number of rotatable bonds is 6. The second-order valence-electron chi connectivity index (χ2n) is 5.28. The summed E-state index contributed by atoms with van der Waals surface area (Å²) in [4.78, 5) is 0. The molecular formula is C15H21Br2NO2. The molecule has 1 saturated carbocycles. The van der Waals surface area contributed by atoms with Gasteiger partial charge in [-0.25, -0.2) is 0 Å². The van der Waals surface area contributed by atoms with E-state index >= 15 is 0 Å². The third-order valence-corrected chi connectivity index (χ3v) is 4.69. The van der Waals surface area contributed by atoms with Gasteiger partial charge in [0.25, 0.3) is 0 Å². The number of ether oxygens (including phenoxy) is 1. The fourth-order valence-corrected chi connectivity index (χ4v) is 3.61. The molecular weight excluding hydrogens is 386 g/mol. The van der Waals surface area contributed by atoms with E-state index in [1.165, 1.54) is 32.1 Å². The number of halogens is 2. The van der Waals surface area contributed by atoms with Crippen LogP contribution >= 0.6 is 31.9 Å². The van der Waals surface area contributed by atoms with Gasteiger partial charge in [0.15, 0.2) is 0 Å². The van der Waals surface area contributed by atoms with E-state index in [-0.39, 0.29) is 0 Å². The fourth-order valence-electron chi connectivity index (χ4n) is 2.45. The van der Waals surface area contributed by atoms with Crippen LogP contribution in [0.4, 0.5) is 0 Å². The van der Waals surface area contributed by atoms with Crippen molar-refractivity contribution in [2.75, 3.05) is 13.2 Å². The molecule has 0 heterocycles. The molecule has 0 spiro atoms. The second-order valence-corrected chi connectivity index (χ2v) is 7.05. The topological polar surface area (TPSA) is 41.5 Å². The predicted molar refractivity (Wildman–Crippen MR) is 88.2 cm³/mol. The lowest BCUT2D eigenvalue weighted by molar-refractivity contribution is 0.101. The lowest BCUT2D eigenvalue weighted by atomic mass is 9.95. The maximum atomic E-state index is 9.97. The Labute approximate surface area is 137 Å². The molecule has 1 aliphatic carbocycles. The quantitative estimate of drug-likeness (QED) is 0.753. The van der Waals surface area contributed by atoms with Gasteiger partial charge in [0, 0.05) is 17.1 Å². The Morgan fingerprint density at radius 2 is 2.00 bits per heavy atom. The normalized spacial score (nSPS) is 17.9. The van der Waals surface area contributed by atoms with Crippen molar-refractivity contribution in [2.24, 2.45) is 0 Å². The molecule has 0 amide bonds. The third kappa shape index (κ3) is 5.35. The number of benzene rings is 1. The first-order valence-electron chi connectivity index (χ1n) is 7.14. The number of hydrogen-bond acceptors (Lipinski definition) is 3. The Kier molecular flexibility index (Phi) is 6.81. The molecule has 0 unspecified atom stereocenters. The smallest absolute Gasteiger partial charge is 0.133 e. The fraction of sp³-hybridized carbons (Fsp3) is 0.600. The Morgan fingerprint density at radius 1 is 1.25 bits per heavy atom. The number of aliphatic hydroxyl groups is 1. The van der Waals surface area contributed by atoms with Crippen LogP contribution in [0.25, 0.3) is 0 Å². The summed E-state index contributed by atoms with van der Waals surface area (Å²) in [5.74, 6) is 0.755. The summed E-state index contributed by atoms with van der Waals surface area (Å²) >= 11 is 6.85. The second kappa shape index (κ2) is 8.37. The zero-order valence-corrected chi connectivity index (χ0v) is 14.6. The van der Waals surface area contributed by atoms with Crippen molar-refractivity contribution in [3.63, 3.8) is 0 Å². The summed E-state index contributed by atoms with van der Waals surface area (Å²) in [6.45, 7) is 0.902. The van der Waals surface area contributed by atoms with Gasteiger partial charge >= 0.3 is 0 Å². The molecule has 0 bridgehead atoms. The Balaban J connectivity index is 1.70. The lowest BCUT2D eigenvalue weighted by Crippen LogP contribution is -2.38. The minimum absolute atomic E-state index is 0.306. The summed E-state index contributed by atoms with van der Waals surface area (Å²) in [7, 11) is 0. The molecule has 112 valence electrons. The molecule has 0 radical (unpaired) electrons. The first-order chi connectivity index (χ1) is 9.65. The Bertz CT molecular complexity index is 422. The summed E-state index contributed by atoms with van der Waals surface area (Å²) in [5, 5.41) is 13.4. The Hall–Kier alpha value is -0.100. The summed E-state index contributed by atoms with van der Waals surface area (Å²) < 4.78 is 7.52. The van der Waals surface area contributed by atoms with Gasteiger partial charge in [-0.1, -0.05) is 35.2 Å². The van der Waals surface area contributed by atoms with E-state index in [0.29, 0.717) is 19.2 Å². The van der Waals surface area contributed by atoms with Crippen LogP contribution in [0.5, 0.6) is 5.75 Å². The molecule has 20 heavy (non-hydrogen) atoms. The van der Waals surface area contributed by atoms with Crippen molar-refractivity contribution in [1.29, 1.82) is 0 Å². The monoisotopic (exact) mass is 405 g/mol. The summed E-state index contributed by atoms with van der Waals surface area (Å²) in [6.07, 6.45) is 5.93. The zero-order valence-electron chi connectivity index (χ0n) is 11.4. The van der Waals surface area contributed by atoms with Crippen molar-refractivity contribution in [1.82, 2.24) is 5.32 Å². The number of hydrogen-bond donors (Lipinski definition) is 2. The molecule has 2 N–H and O–H groups in total. The van der Waals surface area contributed by atoms with Crippen LogP contribution in [0.1, 0.15) is 32.1 Å². The number of nitrogens with one attached hydrogen (secondary N) is 1. The van der Waals surface area contributed by atoms with Crippen LogP contribution in [0, 0.1) is 0 Å². The molecule has 2 rings (SSSR count). The maximum absolute atomic E-state index is 9.97. The van der Waals surface area contributed by atoms with Crippen molar-refractivity contribution in [3.05, 3.63) is 27.1 Å². The van der Waals surface area contributed by atoms with Gasteiger partial charge in [0.1, 0.15) is 18.5 Å². The van der Waals surface area contributed by atoms with Crippen LogP contribution in [0.3, 0.4) is 0 Å². The Morgan fingerprint density at radius 3 is 2.70 bits per heavy atom. The van der Waals surface area contributed by atoms with Gasteiger partial charge in [-0.05, 0) is 47.0 Å².